The molecule has 0 saturated carbocycles. The molecule has 1 aromatic carbocycles. The zero-order chi connectivity index (χ0) is 16.4. The van der Waals surface area contributed by atoms with Crippen LogP contribution in [0.5, 0.6) is 11.6 Å². The van der Waals surface area contributed by atoms with E-state index in [1.165, 1.54) is 0 Å². The molecule has 24 heavy (non-hydrogen) atoms. The topological polar surface area (TPSA) is 60.4 Å². The first-order valence-electron chi connectivity index (χ1n) is 7.90. The van der Waals surface area contributed by atoms with Crippen molar-refractivity contribution in [2.24, 2.45) is 5.92 Å². The van der Waals surface area contributed by atoms with Gasteiger partial charge in [-0.25, -0.2) is 9.97 Å². The standard InChI is InChI=1S/C17H18N4O2S/c1-22-13-2-3-14-15(8-13)24-17(20-14)21-7-4-12(10-21)11-23-16-9-18-5-6-19-16/h2-3,5-6,8-9,12H,4,7,10-11H2,1H3. The van der Waals surface area contributed by atoms with Crippen LogP contribution in [0, 0.1) is 5.92 Å². The van der Waals surface area contributed by atoms with Crippen molar-refractivity contribution in [2.75, 3.05) is 31.7 Å². The van der Waals surface area contributed by atoms with Crippen molar-refractivity contribution >= 4 is 26.7 Å². The summed E-state index contributed by atoms with van der Waals surface area (Å²) in [6.45, 7) is 2.62. The minimum absolute atomic E-state index is 0.480. The Morgan fingerprint density at radius 3 is 3.12 bits per heavy atom. The predicted molar refractivity (Wildman–Crippen MR) is 94.0 cm³/mol. The summed E-state index contributed by atoms with van der Waals surface area (Å²) in [7, 11) is 1.69. The molecule has 0 amide bonds. The highest BCUT2D eigenvalue weighted by Crippen LogP contribution is 2.33. The van der Waals surface area contributed by atoms with Crippen molar-refractivity contribution in [3.63, 3.8) is 0 Å². The minimum Gasteiger partial charge on any atom is -0.497 e. The largest absolute Gasteiger partial charge is 0.497 e. The van der Waals surface area contributed by atoms with Crippen LogP contribution in [0.15, 0.2) is 36.8 Å². The molecule has 124 valence electrons. The Kier molecular flexibility index (Phi) is 4.17. The summed E-state index contributed by atoms with van der Waals surface area (Å²) in [4.78, 5) is 15.2. The number of anilines is 1. The molecule has 0 radical (unpaired) electrons. The summed E-state index contributed by atoms with van der Waals surface area (Å²) in [5.74, 6) is 1.94. The van der Waals surface area contributed by atoms with Gasteiger partial charge in [-0.3, -0.25) is 4.98 Å². The van der Waals surface area contributed by atoms with Crippen LogP contribution >= 0.6 is 11.3 Å². The van der Waals surface area contributed by atoms with Crippen LogP contribution in [0.25, 0.3) is 10.2 Å². The SMILES string of the molecule is COc1ccc2nc(N3CCC(COc4cnccn4)C3)sc2c1. The molecule has 4 rings (SSSR count). The Morgan fingerprint density at radius 1 is 1.33 bits per heavy atom. The van der Waals surface area contributed by atoms with Crippen molar-refractivity contribution < 1.29 is 9.47 Å². The van der Waals surface area contributed by atoms with Crippen LogP contribution in [0.1, 0.15) is 6.42 Å². The van der Waals surface area contributed by atoms with Gasteiger partial charge in [-0.15, -0.1) is 0 Å². The lowest BCUT2D eigenvalue weighted by atomic mass is 10.1. The number of benzene rings is 1. The number of hydrogen-bond acceptors (Lipinski definition) is 7. The Bertz CT molecular complexity index is 824. The molecule has 2 aromatic heterocycles. The summed E-state index contributed by atoms with van der Waals surface area (Å²) < 4.78 is 12.2. The average Bonchev–Trinajstić information content (AvgIpc) is 3.26. The third-order valence-electron chi connectivity index (χ3n) is 4.15. The Hall–Kier alpha value is -2.41. The summed E-state index contributed by atoms with van der Waals surface area (Å²) in [6.07, 6.45) is 6.03. The maximum absolute atomic E-state index is 5.73. The fraction of sp³-hybridized carbons (Fsp3) is 0.353. The zero-order valence-corrected chi connectivity index (χ0v) is 14.2. The first-order valence-corrected chi connectivity index (χ1v) is 8.72. The first kappa shape index (κ1) is 15.1. The van der Waals surface area contributed by atoms with E-state index in [1.807, 2.05) is 18.2 Å². The lowest BCUT2D eigenvalue weighted by Gasteiger charge is -2.15. The number of aromatic nitrogens is 3. The van der Waals surface area contributed by atoms with Crippen LogP contribution in [0.4, 0.5) is 5.13 Å². The smallest absolute Gasteiger partial charge is 0.232 e. The van der Waals surface area contributed by atoms with Gasteiger partial charge in [-0.2, -0.15) is 0 Å². The van der Waals surface area contributed by atoms with Gasteiger partial charge >= 0.3 is 0 Å². The summed E-state index contributed by atoms with van der Waals surface area (Å²) >= 11 is 1.71. The highest BCUT2D eigenvalue weighted by Gasteiger charge is 2.25. The molecule has 3 aromatic rings. The van der Waals surface area contributed by atoms with Gasteiger partial charge in [-0.1, -0.05) is 11.3 Å². The van der Waals surface area contributed by atoms with Crippen molar-refractivity contribution in [2.45, 2.75) is 6.42 Å². The van der Waals surface area contributed by atoms with E-state index < -0.39 is 0 Å². The molecule has 7 heteroatoms. The van der Waals surface area contributed by atoms with Gasteiger partial charge in [-0.05, 0) is 24.6 Å². The molecule has 0 bridgehead atoms. The fourth-order valence-electron chi connectivity index (χ4n) is 2.86. The van der Waals surface area contributed by atoms with Crippen LogP contribution in [-0.2, 0) is 0 Å². The second kappa shape index (κ2) is 6.60. The number of ether oxygens (including phenoxy) is 2. The first-order chi connectivity index (χ1) is 11.8. The van der Waals surface area contributed by atoms with Gasteiger partial charge in [0.2, 0.25) is 5.88 Å². The molecule has 1 unspecified atom stereocenters. The Balaban J connectivity index is 1.41. The van der Waals surface area contributed by atoms with E-state index >= 15 is 0 Å². The molecular weight excluding hydrogens is 324 g/mol. The maximum Gasteiger partial charge on any atom is 0.232 e. The Labute approximate surface area is 144 Å². The van der Waals surface area contributed by atoms with Gasteiger partial charge in [0, 0.05) is 31.4 Å². The molecule has 0 spiro atoms. The number of thiazole rings is 1. The predicted octanol–water partition coefficient (Wildman–Crippen LogP) is 3.00. The number of nitrogens with zero attached hydrogens (tertiary/aromatic N) is 4. The highest BCUT2D eigenvalue weighted by molar-refractivity contribution is 7.22. The molecule has 6 nitrogen and oxygen atoms in total. The quantitative estimate of drug-likeness (QED) is 0.710. The van der Waals surface area contributed by atoms with E-state index in [0.717, 1.165) is 40.6 Å². The van der Waals surface area contributed by atoms with Crippen molar-refractivity contribution in [1.82, 2.24) is 15.0 Å². The van der Waals surface area contributed by atoms with Crippen LogP contribution in [-0.4, -0.2) is 41.8 Å². The number of hydrogen-bond donors (Lipinski definition) is 0. The molecule has 1 aliphatic heterocycles. The van der Waals surface area contributed by atoms with Crippen LogP contribution < -0.4 is 14.4 Å². The van der Waals surface area contributed by atoms with Gasteiger partial charge in [0.25, 0.3) is 0 Å². The second-order valence-corrected chi connectivity index (χ2v) is 6.79. The molecule has 1 saturated heterocycles. The van der Waals surface area contributed by atoms with Crippen LogP contribution in [0.3, 0.4) is 0 Å². The second-order valence-electron chi connectivity index (χ2n) is 5.79. The molecule has 1 fully saturated rings. The number of methoxy groups -OCH3 is 1. The van der Waals surface area contributed by atoms with Crippen molar-refractivity contribution in [1.29, 1.82) is 0 Å². The lowest BCUT2D eigenvalue weighted by Crippen LogP contribution is -2.21. The van der Waals surface area contributed by atoms with Gasteiger partial charge in [0.15, 0.2) is 5.13 Å². The normalized spacial score (nSPS) is 17.4. The van der Waals surface area contributed by atoms with E-state index in [2.05, 4.69) is 14.9 Å². The maximum atomic E-state index is 5.73. The molecule has 0 N–H and O–H groups in total. The van der Waals surface area contributed by atoms with Gasteiger partial charge < -0.3 is 14.4 Å². The number of fused-ring (bicyclic) bond motifs is 1. The summed E-state index contributed by atoms with van der Waals surface area (Å²) in [6, 6.07) is 6.01. The van der Waals surface area contributed by atoms with E-state index in [0.29, 0.717) is 18.4 Å². The summed E-state index contributed by atoms with van der Waals surface area (Å²) in [5, 5.41) is 1.07. The third-order valence-corrected chi connectivity index (χ3v) is 5.23. The van der Waals surface area contributed by atoms with Crippen LogP contribution in [0.2, 0.25) is 0 Å². The molecule has 0 aliphatic carbocycles. The fourth-order valence-corrected chi connectivity index (χ4v) is 3.89. The minimum atomic E-state index is 0.480. The van der Waals surface area contributed by atoms with Crippen molar-refractivity contribution in [3.8, 4) is 11.6 Å². The van der Waals surface area contributed by atoms with E-state index in [-0.39, 0.29) is 0 Å². The van der Waals surface area contributed by atoms with Gasteiger partial charge in [0.1, 0.15) is 5.75 Å². The van der Waals surface area contributed by atoms with Gasteiger partial charge in [0.05, 0.1) is 30.1 Å². The summed E-state index contributed by atoms with van der Waals surface area (Å²) in [5.41, 5.74) is 1.02. The monoisotopic (exact) mass is 342 g/mol. The molecular formula is C17H18N4O2S. The highest BCUT2D eigenvalue weighted by atomic mass is 32.1. The number of rotatable bonds is 5. The average molecular weight is 342 g/mol. The van der Waals surface area contributed by atoms with E-state index in [9.17, 15) is 0 Å². The zero-order valence-electron chi connectivity index (χ0n) is 13.4. The van der Waals surface area contributed by atoms with Crippen molar-refractivity contribution in [3.05, 3.63) is 36.8 Å². The van der Waals surface area contributed by atoms with E-state index in [4.69, 9.17) is 14.5 Å². The molecule has 1 aliphatic rings. The molecule has 3 heterocycles. The van der Waals surface area contributed by atoms with E-state index in [1.54, 1.807) is 37.0 Å². The molecule has 1 atom stereocenters. The third kappa shape index (κ3) is 3.12. The Morgan fingerprint density at radius 2 is 2.29 bits per heavy atom. The lowest BCUT2D eigenvalue weighted by molar-refractivity contribution is 0.251.